The Morgan fingerprint density at radius 1 is 1.42 bits per heavy atom. The fourth-order valence-corrected chi connectivity index (χ4v) is 4.18. The number of aromatic nitrogens is 5. The van der Waals surface area contributed by atoms with E-state index in [0.29, 0.717) is 11.6 Å². The van der Waals surface area contributed by atoms with Crippen LogP contribution < -0.4 is 5.32 Å². The summed E-state index contributed by atoms with van der Waals surface area (Å²) in [5.41, 5.74) is 1.02. The Morgan fingerprint density at radius 2 is 2.29 bits per heavy atom. The molecule has 3 rings (SSSR count). The number of rotatable bonds is 8. The van der Waals surface area contributed by atoms with E-state index in [4.69, 9.17) is 0 Å². The van der Waals surface area contributed by atoms with E-state index in [1.54, 1.807) is 23.1 Å². The van der Waals surface area contributed by atoms with Gasteiger partial charge >= 0.3 is 0 Å². The van der Waals surface area contributed by atoms with Crippen molar-refractivity contribution in [2.75, 3.05) is 5.75 Å². The minimum Gasteiger partial charge on any atom is -0.345 e. The first-order valence-electron chi connectivity index (χ1n) is 7.71. The van der Waals surface area contributed by atoms with Crippen LogP contribution in [0.1, 0.15) is 36.6 Å². The second-order valence-electron chi connectivity index (χ2n) is 5.25. The highest BCUT2D eigenvalue weighted by molar-refractivity contribution is 7.99. The van der Waals surface area contributed by atoms with Crippen LogP contribution in [0, 0.1) is 0 Å². The summed E-state index contributed by atoms with van der Waals surface area (Å²) in [6, 6.07) is 7.88. The molecule has 1 amide bonds. The number of tetrazole rings is 1. The van der Waals surface area contributed by atoms with E-state index >= 15 is 0 Å². The van der Waals surface area contributed by atoms with Crippen molar-refractivity contribution < 1.29 is 4.79 Å². The maximum atomic E-state index is 12.2. The van der Waals surface area contributed by atoms with Crippen LogP contribution in [0.15, 0.2) is 24.3 Å². The third-order valence-corrected chi connectivity index (χ3v) is 5.55. The van der Waals surface area contributed by atoms with Crippen LogP contribution in [-0.4, -0.2) is 37.3 Å². The van der Waals surface area contributed by atoms with Crippen molar-refractivity contribution in [1.29, 1.82) is 0 Å². The van der Waals surface area contributed by atoms with Crippen LogP contribution in [-0.2, 0) is 10.5 Å². The molecular formula is C15H18N6OS2. The average molecular weight is 362 g/mol. The summed E-state index contributed by atoms with van der Waals surface area (Å²) in [6.45, 7) is 2.06. The molecule has 3 aromatic rings. The molecule has 0 aliphatic carbocycles. The van der Waals surface area contributed by atoms with Gasteiger partial charge in [0.15, 0.2) is 5.82 Å². The third kappa shape index (κ3) is 4.30. The first-order valence-corrected chi connectivity index (χ1v) is 9.68. The first kappa shape index (κ1) is 16.8. The van der Waals surface area contributed by atoms with Gasteiger partial charge in [-0.1, -0.05) is 30.7 Å². The first-order chi connectivity index (χ1) is 11.8. The van der Waals surface area contributed by atoms with E-state index in [9.17, 15) is 4.79 Å². The molecule has 0 aliphatic heterocycles. The summed E-state index contributed by atoms with van der Waals surface area (Å²) in [5.74, 6) is 1.62. The van der Waals surface area contributed by atoms with Gasteiger partial charge in [-0.2, -0.15) is 5.21 Å². The summed E-state index contributed by atoms with van der Waals surface area (Å²) in [6.07, 6.45) is 1.71. The molecule has 0 saturated carbocycles. The summed E-state index contributed by atoms with van der Waals surface area (Å²) in [5, 5.41) is 17.9. The Hall–Kier alpha value is -2.00. The topological polar surface area (TPSA) is 96.5 Å². The number of thioether (sulfide) groups is 1. The number of carbonyl (C=O) groups excluding carboxylic acids is 1. The van der Waals surface area contributed by atoms with Gasteiger partial charge in [0.25, 0.3) is 0 Å². The molecule has 1 atom stereocenters. The van der Waals surface area contributed by atoms with Crippen molar-refractivity contribution in [2.24, 2.45) is 0 Å². The molecule has 2 N–H and O–H groups in total. The number of benzene rings is 1. The van der Waals surface area contributed by atoms with Gasteiger partial charge in [-0.05, 0) is 18.6 Å². The Kier molecular flexibility index (Phi) is 5.76. The van der Waals surface area contributed by atoms with E-state index < -0.39 is 0 Å². The molecule has 0 bridgehead atoms. The summed E-state index contributed by atoms with van der Waals surface area (Å²) < 4.78 is 1.18. The number of aromatic amines is 1. The molecule has 7 nitrogen and oxygen atoms in total. The number of amides is 1. The maximum absolute atomic E-state index is 12.2. The quantitative estimate of drug-likeness (QED) is 0.639. The van der Waals surface area contributed by atoms with Crippen molar-refractivity contribution in [1.82, 2.24) is 30.9 Å². The Balaban J connectivity index is 1.49. The van der Waals surface area contributed by atoms with Crippen molar-refractivity contribution >= 4 is 39.2 Å². The molecule has 2 aromatic heterocycles. The van der Waals surface area contributed by atoms with Crippen LogP contribution in [0.5, 0.6) is 0 Å². The highest BCUT2D eigenvalue weighted by atomic mass is 32.2. The normalized spacial score (nSPS) is 12.4. The van der Waals surface area contributed by atoms with Crippen LogP contribution in [0.2, 0.25) is 0 Å². The number of nitrogens with one attached hydrogen (secondary N) is 2. The largest absolute Gasteiger partial charge is 0.345 e. The predicted molar refractivity (Wildman–Crippen MR) is 95.8 cm³/mol. The fourth-order valence-electron chi connectivity index (χ4n) is 2.32. The van der Waals surface area contributed by atoms with Gasteiger partial charge in [0.1, 0.15) is 5.01 Å². The lowest BCUT2D eigenvalue weighted by atomic mass is 10.1. The van der Waals surface area contributed by atoms with Gasteiger partial charge < -0.3 is 5.32 Å². The van der Waals surface area contributed by atoms with Crippen molar-refractivity contribution in [2.45, 2.75) is 31.6 Å². The second-order valence-corrected chi connectivity index (χ2v) is 7.35. The van der Waals surface area contributed by atoms with Crippen LogP contribution >= 0.6 is 23.1 Å². The van der Waals surface area contributed by atoms with Crippen LogP contribution in [0.25, 0.3) is 10.2 Å². The minimum atomic E-state index is -0.190. The Labute approximate surface area is 147 Å². The molecule has 1 aromatic carbocycles. The van der Waals surface area contributed by atoms with E-state index in [1.807, 2.05) is 18.2 Å². The monoisotopic (exact) mass is 362 g/mol. The lowest BCUT2D eigenvalue weighted by Crippen LogP contribution is -2.30. The predicted octanol–water partition coefficient (Wildman–Crippen LogP) is 2.70. The molecule has 0 unspecified atom stereocenters. The third-order valence-electron chi connectivity index (χ3n) is 3.38. The molecule has 0 radical (unpaired) electrons. The second kappa shape index (κ2) is 8.20. The zero-order chi connectivity index (χ0) is 16.8. The smallest absolute Gasteiger partial charge is 0.230 e. The molecule has 0 saturated heterocycles. The van der Waals surface area contributed by atoms with Crippen LogP contribution in [0.3, 0.4) is 0 Å². The molecule has 0 spiro atoms. The van der Waals surface area contributed by atoms with E-state index in [0.717, 1.165) is 29.1 Å². The number of hydrogen-bond donors (Lipinski definition) is 2. The molecular weight excluding hydrogens is 344 g/mol. The SMILES string of the molecule is CCC[C@@H](NC(=O)CSCc1nc2ccccc2s1)c1nn[nH]n1. The highest BCUT2D eigenvalue weighted by Crippen LogP contribution is 2.24. The van der Waals surface area contributed by atoms with E-state index in [2.05, 4.69) is 43.9 Å². The summed E-state index contributed by atoms with van der Waals surface area (Å²) in [4.78, 5) is 16.7. The number of para-hydroxylation sites is 1. The van der Waals surface area contributed by atoms with Gasteiger partial charge in [0.2, 0.25) is 5.91 Å². The number of hydrogen-bond acceptors (Lipinski definition) is 7. The van der Waals surface area contributed by atoms with Crippen LogP contribution in [0.4, 0.5) is 0 Å². The standard InChI is InChI=1S/C15H18N6OS2/c1-2-5-11(15-18-20-21-19-15)16-13(22)8-23-9-14-17-10-6-3-4-7-12(10)24-14/h3-4,6-7,11H,2,5,8-9H2,1H3,(H,16,22)(H,18,19,20,21)/t11-/m1/s1. The van der Waals surface area contributed by atoms with E-state index in [-0.39, 0.29) is 11.9 Å². The summed E-state index contributed by atoms with van der Waals surface area (Å²) in [7, 11) is 0. The van der Waals surface area contributed by atoms with Gasteiger partial charge in [-0.3, -0.25) is 4.79 Å². The number of fused-ring (bicyclic) bond motifs is 1. The fraction of sp³-hybridized carbons (Fsp3) is 0.400. The number of nitrogens with zero attached hydrogens (tertiary/aromatic N) is 4. The summed E-state index contributed by atoms with van der Waals surface area (Å²) >= 11 is 3.23. The number of thiazole rings is 1. The Bertz CT molecular complexity index is 755. The lowest BCUT2D eigenvalue weighted by Gasteiger charge is -2.14. The average Bonchev–Trinajstić information content (AvgIpc) is 3.23. The molecule has 2 heterocycles. The van der Waals surface area contributed by atoms with Gasteiger partial charge in [-0.15, -0.1) is 33.3 Å². The van der Waals surface area contributed by atoms with Gasteiger partial charge in [0, 0.05) is 5.75 Å². The zero-order valence-electron chi connectivity index (χ0n) is 13.2. The van der Waals surface area contributed by atoms with Crippen molar-refractivity contribution in [3.63, 3.8) is 0 Å². The maximum Gasteiger partial charge on any atom is 0.230 e. The molecule has 24 heavy (non-hydrogen) atoms. The number of H-pyrrole nitrogens is 1. The molecule has 126 valence electrons. The lowest BCUT2D eigenvalue weighted by molar-refractivity contribution is -0.119. The molecule has 0 aliphatic rings. The van der Waals surface area contributed by atoms with Crippen molar-refractivity contribution in [3.8, 4) is 0 Å². The Morgan fingerprint density at radius 3 is 3.04 bits per heavy atom. The zero-order valence-corrected chi connectivity index (χ0v) is 14.9. The molecule has 9 heteroatoms. The number of carbonyl (C=O) groups is 1. The minimum absolute atomic E-state index is 0.0237. The van der Waals surface area contributed by atoms with Gasteiger partial charge in [0.05, 0.1) is 22.0 Å². The highest BCUT2D eigenvalue weighted by Gasteiger charge is 2.17. The molecule has 0 fully saturated rings. The van der Waals surface area contributed by atoms with Gasteiger partial charge in [-0.25, -0.2) is 4.98 Å². The van der Waals surface area contributed by atoms with E-state index in [1.165, 1.54) is 4.70 Å². The van der Waals surface area contributed by atoms with Crippen molar-refractivity contribution in [3.05, 3.63) is 35.1 Å².